The fraction of sp³-hybridized carbons (Fsp3) is 0. The fourth-order valence-electron chi connectivity index (χ4n) is 7.27. The lowest BCUT2D eigenvalue weighted by atomic mass is 9.99. The molecular weight excluding hydrogens is 673 g/mol. The van der Waals surface area contributed by atoms with E-state index in [-0.39, 0.29) is 0 Å². The van der Waals surface area contributed by atoms with Crippen LogP contribution in [0.1, 0.15) is 0 Å². The Kier molecular flexibility index (Phi) is 8.04. The Balaban J connectivity index is 1.19. The maximum absolute atomic E-state index is 5.13. The topological polar surface area (TPSA) is 69.4 Å². The molecule has 5 heterocycles. The second kappa shape index (κ2) is 13.8. The first-order valence-electron chi connectivity index (χ1n) is 18.2. The van der Waals surface area contributed by atoms with Gasteiger partial charge in [-0.05, 0) is 90.0 Å². The lowest BCUT2D eigenvalue weighted by Gasteiger charge is -2.11. The minimum Gasteiger partial charge on any atom is -0.309 e. The summed E-state index contributed by atoms with van der Waals surface area (Å²) < 4.78 is 2.34. The number of rotatable bonds is 7. The molecule has 55 heavy (non-hydrogen) atoms. The Morgan fingerprint density at radius 2 is 0.818 bits per heavy atom. The average Bonchev–Trinajstić information content (AvgIpc) is 3.60. The van der Waals surface area contributed by atoms with E-state index in [2.05, 4.69) is 106 Å². The summed E-state index contributed by atoms with van der Waals surface area (Å²) in [5.41, 5.74) is 13.4. The summed E-state index contributed by atoms with van der Waals surface area (Å²) in [6, 6.07) is 62.6. The second-order valence-electron chi connectivity index (χ2n) is 13.4. The minimum atomic E-state index is 0.656. The summed E-state index contributed by atoms with van der Waals surface area (Å²) in [5, 5.41) is 2.26. The van der Waals surface area contributed by atoms with E-state index >= 15 is 0 Å². The van der Waals surface area contributed by atoms with Gasteiger partial charge in [0.05, 0.1) is 45.2 Å². The van der Waals surface area contributed by atoms with Crippen LogP contribution in [0.15, 0.2) is 194 Å². The van der Waals surface area contributed by atoms with E-state index < -0.39 is 0 Å². The van der Waals surface area contributed by atoms with Gasteiger partial charge in [-0.3, -0.25) is 9.97 Å². The maximum atomic E-state index is 5.13. The van der Waals surface area contributed by atoms with Crippen molar-refractivity contribution in [2.75, 3.05) is 0 Å². The van der Waals surface area contributed by atoms with E-state index in [1.807, 2.05) is 97.2 Å². The number of benzene rings is 5. The first-order valence-corrected chi connectivity index (χ1v) is 18.2. The quantitative estimate of drug-likeness (QED) is 0.165. The zero-order valence-corrected chi connectivity index (χ0v) is 29.7. The molecule has 0 saturated carbocycles. The third kappa shape index (κ3) is 6.11. The Morgan fingerprint density at radius 1 is 0.309 bits per heavy atom. The van der Waals surface area contributed by atoms with Crippen molar-refractivity contribution in [3.63, 3.8) is 0 Å². The van der Waals surface area contributed by atoms with Crippen LogP contribution >= 0.6 is 0 Å². The van der Waals surface area contributed by atoms with Crippen LogP contribution in [0.2, 0.25) is 0 Å². The van der Waals surface area contributed by atoms with Crippen LogP contribution in [0, 0.1) is 0 Å². The molecule has 0 unspecified atom stereocenters. The smallest absolute Gasteiger partial charge is 0.160 e. The molecule has 0 aliphatic rings. The predicted molar refractivity (Wildman–Crippen MR) is 222 cm³/mol. The molecular formula is C49H32N6. The predicted octanol–water partition coefficient (Wildman–Crippen LogP) is 11.8. The van der Waals surface area contributed by atoms with Crippen molar-refractivity contribution in [3.05, 3.63) is 194 Å². The molecule has 6 nitrogen and oxygen atoms in total. The summed E-state index contributed by atoms with van der Waals surface area (Å²) in [6.07, 6.45) is 3.61. The van der Waals surface area contributed by atoms with Crippen molar-refractivity contribution in [1.29, 1.82) is 0 Å². The van der Waals surface area contributed by atoms with Gasteiger partial charge in [0.15, 0.2) is 5.82 Å². The molecule has 258 valence electrons. The highest BCUT2D eigenvalue weighted by molar-refractivity contribution is 6.11. The van der Waals surface area contributed by atoms with Crippen LogP contribution in [0.5, 0.6) is 0 Å². The van der Waals surface area contributed by atoms with Crippen molar-refractivity contribution in [2.24, 2.45) is 0 Å². The van der Waals surface area contributed by atoms with E-state index in [1.165, 1.54) is 0 Å². The van der Waals surface area contributed by atoms with E-state index in [4.69, 9.17) is 15.0 Å². The Labute approximate surface area is 318 Å². The highest BCUT2D eigenvalue weighted by Gasteiger charge is 2.18. The van der Waals surface area contributed by atoms with Gasteiger partial charge in [0.25, 0.3) is 0 Å². The SMILES string of the molecule is c1ccc(-c2cc(-c3ccc4c(c3)c3cc(-c5cc(-c6ccccn6)nc(-c6ccccc6)n5)ccc3n4-c3ccccc3)cc(-c3ccccn3)n2)cc1. The van der Waals surface area contributed by atoms with E-state index in [0.29, 0.717) is 5.82 Å². The first-order chi connectivity index (χ1) is 27.2. The molecule has 5 aromatic carbocycles. The lowest BCUT2D eigenvalue weighted by Crippen LogP contribution is -1.97. The molecule has 0 atom stereocenters. The van der Waals surface area contributed by atoms with E-state index in [9.17, 15) is 0 Å². The maximum Gasteiger partial charge on any atom is 0.160 e. The third-order valence-corrected chi connectivity index (χ3v) is 9.92. The van der Waals surface area contributed by atoms with Gasteiger partial charge in [-0.25, -0.2) is 15.0 Å². The van der Waals surface area contributed by atoms with Gasteiger partial charge in [-0.15, -0.1) is 0 Å². The summed E-state index contributed by atoms with van der Waals surface area (Å²) in [5.74, 6) is 0.656. The summed E-state index contributed by atoms with van der Waals surface area (Å²) in [4.78, 5) is 24.5. The molecule has 0 N–H and O–H groups in total. The molecule has 0 radical (unpaired) electrons. The van der Waals surface area contributed by atoms with Crippen molar-refractivity contribution in [2.45, 2.75) is 0 Å². The first kappa shape index (κ1) is 32.1. The van der Waals surface area contributed by atoms with Gasteiger partial charge in [0.1, 0.15) is 0 Å². The van der Waals surface area contributed by atoms with Crippen LogP contribution in [0.3, 0.4) is 0 Å². The largest absolute Gasteiger partial charge is 0.309 e. The molecule has 10 rings (SSSR count). The summed E-state index contributed by atoms with van der Waals surface area (Å²) in [7, 11) is 0. The minimum absolute atomic E-state index is 0.656. The standard InChI is InChI=1S/C49H32N6/c1-4-14-33(15-5-1)43-30-37(31-45(52-43)41-20-10-12-26-50-41)35-22-24-47-39(28-35)40-29-36(23-25-48(40)55(47)38-18-8-3-9-19-38)44-32-46(42-21-11-13-27-51-42)54-49(53-44)34-16-6-2-7-17-34/h1-32H. The number of nitrogens with zero attached hydrogens (tertiary/aromatic N) is 6. The van der Waals surface area contributed by atoms with Gasteiger partial charge >= 0.3 is 0 Å². The van der Waals surface area contributed by atoms with Crippen LogP contribution in [-0.2, 0) is 0 Å². The number of para-hydroxylation sites is 1. The van der Waals surface area contributed by atoms with Gasteiger partial charge in [0.2, 0.25) is 0 Å². The monoisotopic (exact) mass is 704 g/mol. The Bertz CT molecular complexity index is 2650. The molecule has 10 aromatic rings. The fourth-order valence-corrected chi connectivity index (χ4v) is 7.27. The highest BCUT2D eigenvalue weighted by Crippen LogP contribution is 2.39. The van der Waals surface area contributed by atoms with Gasteiger partial charge in [-0.1, -0.05) is 103 Å². The molecule has 0 bridgehead atoms. The van der Waals surface area contributed by atoms with Gasteiger partial charge in [-0.2, -0.15) is 0 Å². The second-order valence-corrected chi connectivity index (χ2v) is 13.4. The molecule has 5 aromatic heterocycles. The van der Waals surface area contributed by atoms with Crippen molar-refractivity contribution in [1.82, 2.24) is 29.5 Å². The molecule has 0 fully saturated rings. The van der Waals surface area contributed by atoms with Crippen molar-refractivity contribution < 1.29 is 0 Å². The highest BCUT2D eigenvalue weighted by atomic mass is 15.0. The molecule has 0 aliphatic heterocycles. The van der Waals surface area contributed by atoms with Crippen LogP contribution < -0.4 is 0 Å². The van der Waals surface area contributed by atoms with Gasteiger partial charge < -0.3 is 4.57 Å². The normalized spacial score (nSPS) is 11.3. The molecule has 0 amide bonds. The molecule has 0 aliphatic carbocycles. The van der Waals surface area contributed by atoms with Crippen LogP contribution in [0.4, 0.5) is 0 Å². The number of aromatic nitrogens is 6. The van der Waals surface area contributed by atoms with Gasteiger partial charge in [0, 0.05) is 45.5 Å². The zero-order valence-electron chi connectivity index (χ0n) is 29.7. The van der Waals surface area contributed by atoms with E-state index in [0.717, 1.165) is 89.5 Å². The number of pyridine rings is 3. The zero-order chi connectivity index (χ0) is 36.6. The number of hydrogen-bond acceptors (Lipinski definition) is 5. The molecule has 0 saturated heterocycles. The summed E-state index contributed by atoms with van der Waals surface area (Å²) in [6.45, 7) is 0. The Morgan fingerprint density at radius 3 is 1.45 bits per heavy atom. The lowest BCUT2D eigenvalue weighted by molar-refractivity contribution is 1.16. The summed E-state index contributed by atoms with van der Waals surface area (Å²) >= 11 is 0. The Hall–Kier alpha value is -7.57. The molecule has 0 spiro atoms. The van der Waals surface area contributed by atoms with Crippen molar-refractivity contribution in [3.8, 4) is 73.5 Å². The van der Waals surface area contributed by atoms with Crippen LogP contribution in [-0.4, -0.2) is 29.5 Å². The van der Waals surface area contributed by atoms with Crippen molar-refractivity contribution >= 4 is 21.8 Å². The molecule has 6 heteroatoms. The average molecular weight is 705 g/mol. The van der Waals surface area contributed by atoms with E-state index in [1.54, 1.807) is 6.20 Å². The third-order valence-electron chi connectivity index (χ3n) is 9.92. The van der Waals surface area contributed by atoms with Crippen LogP contribution in [0.25, 0.3) is 95.3 Å². The number of fused-ring (bicyclic) bond motifs is 3. The number of hydrogen-bond donors (Lipinski definition) is 0.